The van der Waals surface area contributed by atoms with Crippen molar-refractivity contribution in [1.82, 2.24) is 5.16 Å². The Kier molecular flexibility index (Phi) is 5.58. The molecule has 0 N–H and O–H groups in total. The Hall–Kier alpha value is -3.87. The smallest absolute Gasteiger partial charge is 0.311 e. The fourth-order valence-electron chi connectivity index (χ4n) is 3.34. The van der Waals surface area contributed by atoms with Crippen LogP contribution in [0.2, 0.25) is 0 Å². The molecule has 0 unspecified atom stereocenters. The first kappa shape index (κ1) is 20.4. The van der Waals surface area contributed by atoms with Crippen molar-refractivity contribution in [3.63, 3.8) is 0 Å². The van der Waals surface area contributed by atoms with Crippen LogP contribution in [0.3, 0.4) is 0 Å². The summed E-state index contributed by atoms with van der Waals surface area (Å²) in [7, 11) is 1.49. The highest BCUT2D eigenvalue weighted by molar-refractivity contribution is 6.15. The van der Waals surface area contributed by atoms with Crippen molar-refractivity contribution < 1.29 is 28.3 Å². The number of methoxy groups -OCH3 is 1. The maximum absolute atomic E-state index is 12.8. The summed E-state index contributed by atoms with van der Waals surface area (Å²) < 4.78 is 21.3. The van der Waals surface area contributed by atoms with Crippen LogP contribution in [0.4, 0.5) is 0 Å². The number of esters is 1. The number of ketones is 1. The number of carbonyl (C=O) groups is 2. The Balaban J connectivity index is 1.47. The first-order valence-corrected chi connectivity index (χ1v) is 9.79. The number of benzene rings is 2. The number of hydrogen-bond donors (Lipinski definition) is 0. The molecule has 0 radical (unpaired) electrons. The van der Waals surface area contributed by atoms with Gasteiger partial charge in [-0.05, 0) is 47.8 Å². The van der Waals surface area contributed by atoms with E-state index in [1.54, 1.807) is 31.2 Å². The largest absolute Gasteiger partial charge is 0.479 e. The van der Waals surface area contributed by atoms with Gasteiger partial charge in [-0.25, -0.2) is 0 Å². The van der Waals surface area contributed by atoms with Gasteiger partial charge in [-0.3, -0.25) is 9.59 Å². The molecule has 0 spiro atoms. The lowest BCUT2D eigenvalue weighted by atomic mass is 10.0. The van der Waals surface area contributed by atoms with Gasteiger partial charge in [-0.1, -0.05) is 24.3 Å². The minimum absolute atomic E-state index is 0.104. The summed E-state index contributed by atoms with van der Waals surface area (Å²) in [6, 6.07) is 12.6. The number of allylic oxidation sites excluding steroid dienone is 1. The van der Waals surface area contributed by atoms with E-state index < -0.39 is 5.97 Å². The molecule has 7 heteroatoms. The topological polar surface area (TPSA) is 87.9 Å². The molecular weight excluding hydrogens is 398 g/mol. The van der Waals surface area contributed by atoms with Crippen molar-refractivity contribution in [2.24, 2.45) is 0 Å². The fraction of sp³-hybridized carbons (Fsp3) is 0.208. The first-order valence-electron chi connectivity index (χ1n) is 9.79. The van der Waals surface area contributed by atoms with E-state index in [0.717, 1.165) is 11.1 Å². The minimum Gasteiger partial charge on any atom is -0.479 e. The Bertz CT molecular complexity index is 1190. The van der Waals surface area contributed by atoms with Crippen LogP contribution in [0.5, 0.6) is 17.4 Å². The van der Waals surface area contributed by atoms with Gasteiger partial charge in [0.25, 0.3) is 5.88 Å². The highest BCUT2D eigenvalue weighted by Crippen LogP contribution is 2.37. The highest BCUT2D eigenvalue weighted by Gasteiger charge is 2.30. The summed E-state index contributed by atoms with van der Waals surface area (Å²) in [5.41, 5.74) is 3.11. The molecule has 3 aromatic rings. The van der Waals surface area contributed by atoms with E-state index >= 15 is 0 Å². The third-order valence-electron chi connectivity index (χ3n) is 4.97. The van der Waals surface area contributed by atoms with Gasteiger partial charge in [-0.2, -0.15) is 0 Å². The molecule has 0 fully saturated rings. The average Bonchev–Trinajstić information content (AvgIpc) is 3.33. The number of nitrogens with zero attached hydrogens (tertiary/aromatic N) is 1. The van der Waals surface area contributed by atoms with E-state index in [-0.39, 0.29) is 18.0 Å². The molecule has 7 nitrogen and oxygen atoms in total. The Morgan fingerprint density at radius 1 is 1.13 bits per heavy atom. The molecule has 31 heavy (non-hydrogen) atoms. The molecule has 2 heterocycles. The number of rotatable bonds is 6. The third kappa shape index (κ3) is 4.35. The first-order chi connectivity index (χ1) is 14.9. The zero-order valence-electron chi connectivity index (χ0n) is 17.4. The van der Waals surface area contributed by atoms with E-state index in [9.17, 15) is 9.59 Å². The van der Waals surface area contributed by atoms with Crippen molar-refractivity contribution in [3.05, 3.63) is 76.2 Å². The van der Waals surface area contributed by atoms with Gasteiger partial charge in [-0.15, -0.1) is 0 Å². The lowest BCUT2D eigenvalue weighted by Crippen LogP contribution is -2.09. The van der Waals surface area contributed by atoms with Crippen LogP contribution < -0.4 is 14.2 Å². The number of Topliss-reactive ketones (excluding diaryl/α,β-unsaturated/α-hetero) is 1. The molecule has 0 bridgehead atoms. The van der Waals surface area contributed by atoms with Gasteiger partial charge < -0.3 is 18.7 Å². The summed E-state index contributed by atoms with van der Waals surface area (Å²) in [4.78, 5) is 25.1. The van der Waals surface area contributed by atoms with Crippen LogP contribution in [-0.2, 0) is 11.2 Å². The van der Waals surface area contributed by atoms with Gasteiger partial charge in [0.05, 0.1) is 19.1 Å². The van der Waals surface area contributed by atoms with Crippen molar-refractivity contribution in [3.8, 4) is 17.4 Å². The van der Waals surface area contributed by atoms with E-state index in [2.05, 4.69) is 5.16 Å². The molecule has 4 rings (SSSR count). The van der Waals surface area contributed by atoms with Crippen molar-refractivity contribution in [2.45, 2.75) is 26.7 Å². The molecule has 158 valence electrons. The number of aromatic nitrogens is 1. The summed E-state index contributed by atoms with van der Waals surface area (Å²) >= 11 is 0. The number of ether oxygens (including phenoxy) is 3. The van der Waals surface area contributed by atoms with E-state index in [1.807, 2.05) is 31.2 Å². The van der Waals surface area contributed by atoms with Gasteiger partial charge in [0.2, 0.25) is 5.78 Å². The van der Waals surface area contributed by atoms with Gasteiger partial charge in [0.15, 0.2) is 5.76 Å². The Morgan fingerprint density at radius 2 is 1.94 bits per heavy atom. The maximum Gasteiger partial charge on any atom is 0.311 e. The van der Waals surface area contributed by atoms with E-state index in [0.29, 0.717) is 40.7 Å². The molecule has 0 saturated carbocycles. The maximum atomic E-state index is 12.8. The average molecular weight is 419 g/mol. The van der Waals surface area contributed by atoms with Crippen LogP contribution in [0.25, 0.3) is 6.08 Å². The molecule has 1 aliphatic heterocycles. The zero-order valence-corrected chi connectivity index (χ0v) is 17.4. The second-order valence-corrected chi connectivity index (χ2v) is 7.22. The summed E-state index contributed by atoms with van der Waals surface area (Å²) in [6.45, 7) is 3.76. The number of aryl methyl sites for hydroxylation is 3. The fourth-order valence-corrected chi connectivity index (χ4v) is 3.34. The van der Waals surface area contributed by atoms with Crippen LogP contribution in [0.15, 0.2) is 52.7 Å². The van der Waals surface area contributed by atoms with Crippen molar-refractivity contribution >= 4 is 17.8 Å². The molecular formula is C24H21NO6. The SMILES string of the molecule is COc1cc(CCC(=O)Oc2cc(C)c3c(c2)O/C(=C\c2ccccc2C)C3=O)on1. The van der Waals surface area contributed by atoms with Crippen LogP contribution in [0, 0.1) is 13.8 Å². The monoisotopic (exact) mass is 419 g/mol. The second-order valence-electron chi connectivity index (χ2n) is 7.22. The number of carbonyl (C=O) groups excluding carboxylic acids is 2. The summed E-state index contributed by atoms with van der Waals surface area (Å²) in [5.74, 6) is 1.21. The molecule has 2 aromatic carbocycles. The third-order valence-corrected chi connectivity index (χ3v) is 4.97. The Morgan fingerprint density at radius 3 is 2.68 bits per heavy atom. The van der Waals surface area contributed by atoms with Crippen LogP contribution in [0.1, 0.15) is 39.2 Å². The van der Waals surface area contributed by atoms with Gasteiger partial charge >= 0.3 is 5.97 Å². The molecule has 1 aliphatic rings. The summed E-state index contributed by atoms with van der Waals surface area (Å²) in [6.07, 6.45) is 2.17. The molecule has 0 atom stereocenters. The van der Waals surface area contributed by atoms with Crippen LogP contribution >= 0.6 is 0 Å². The Labute approximate surface area is 179 Å². The minimum atomic E-state index is -0.435. The predicted octanol–water partition coefficient (Wildman–Crippen LogP) is 4.45. The predicted molar refractivity (Wildman–Crippen MR) is 112 cm³/mol. The standard InChI is InChI=1S/C24H21NO6/c1-14-6-4-5-7-16(14)11-20-24(27)23-15(2)10-18(12-19(23)30-20)29-22(26)9-8-17-13-21(28-3)25-31-17/h4-7,10-13H,8-9H2,1-3H3/b20-11-. The van der Waals surface area contributed by atoms with Gasteiger partial charge in [0.1, 0.15) is 17.3 Å². The second kappa shape index (κ2) is 8.47. The lowest BCUT2D eigenvalue weighted by Gasteiger charge is -2.07. The quantitative estimate of drug-likeness (QED) is 0.331. The molecule has 1 aromatic heterocycles. The van der Waals surface area contributed by atoms with Crippen molar-refractivity contribution in [2.75, 3.05) is 7.11 Å². The van der Waals surface area contributed by atoms with Crippen LogP contribution in [-0.4, -0.2) is 24.0 Å². The lowest BCUT2D eigenvalue weighted by molar-refractivity contribution is -0.134. The zero-order chi connectivity index (χ0) is 22.0. The van der Waals surface area contributed by atoms with E-state index in [4.69, 9.17) is 18.7 Å². The van der Waals surface area contributed by atoms with Crippen molar-refractivity contribution in [1.29, 1.82) is 0 Å². The molecule has 0 aliphatic carbocycles. The van der Waals surface area contributed by atoms with E-state index in [1.165, 1.54) is 7.11 Å². The van der Waals surface area contributed by atoms with Gasteiger partial charge in [0, 0.05) is 18.6 Å². The summed E-state index contributed by atoms with van der Waals surface area (Å²) in [5, 5.41) is 3.69. The highest BCUT2D eigenvalue weighted by atomic mass is 16.5. The molecule has 0 saturated heterocycles. The number of hydrogen-bond acceptors (Lipinski definition) is 7. The molecule has 0 amide bonds. The normalized spacial score (nSPS) is 13.8. The number of fused-ring (bicyclic) bond motifs is 1.